The van der Waals surface area contributed by atoms with Crippen LogP contribution in [0.3, 0.4) is 0 Å². The highest BCUT2D eigenvalue weighted by Crippen LogP contribution is 2.18. The Morgan fingerprint density at radius 1 is 0.324 bits per heavy atom. The molecule has 0 fully saturated rings. The zero-order valence-corrected chi connectivity index (χ0v) is 50.1. The number of amides is 1. The van der Waals surface area contributed by atoms with Gasteiger partial charge in [-0.2, -0.15) is 0 Å². The standard InChI is InChI=1S/C70H131NO3/c1-3-5-7-9-11-13-15-17-19-21-23-25-27-29-31-32-33-34-35-36-37-38-40-42-44-46-48-50-52-54-56-58-60-62-64-66-70(74)71-68(67-72)69(73)65-63-61-59-57-55-53-51-49-47-45-43-41-39-30-28-26-24-22-20-18-16-14-12-10-8-6-4-2/h15,17,21,23,27,29,55,57,63,65,68-69,72-73H,3-14,16,18-20,22,24-26,28,30-54,56,58-62,64,66-67H2,1-2H3,(H,71,74)/b17-15-,23-21-,29-27-,57-55+,65-63+. The Balaban J connectivity index is 3.47. The van der Waals surface area contributed by atoms with Gasteiger partial charge in [0.2, 0.25) is 5.91 Å². The van der Waals surface area contributed by atoms with Gasteiger partial charge in [0.25, 0.3) is 0 Å². The molecule has 0 spiro atoms. The average Bonchev–Trinajstić information content (AvgIpc) is 3.40. The lowest BCUT2D eigenvalue weighted by Gasteiger charge is -2.19. The minimum absolute atomic E-state index is 0.0682. The molecule has 0 bridgehead atoms. The maximum absolute atomic E-state index is 12.5. The summed E-state index contributed by atoms with van der Waals surface area (Å²) < 4.78 is 0. The SMILES string of the molecule is CCCCCCC/C=C\C/C=C\C/C=C\CCCCCCCCCCCCCCCCCCCCCCC(=O)NC(CO)C(O)/C=C/CC/C=C/CCCCCCCCCCCCCCCCCCCCCCC. The summed E-state index contributed by atoms with van der Waals surface area (Å²) in [4.78, 5) is 12.5. The van der Waals surface area contributed by atoms with Gasteiger partial charge < -0.3 is 15.5 Å². The lowest BCUT2D eigenvalue weighted by Crippen LogP contribution is -2.45. The lowest BCUT2D eigenvalue weighted by molar-refractivity contribution is -0.123. The van der Waals surface area contributed by atoms with Gasteiger partial charge >= 0.3 is 0 Å². The highest BCUT2D eigenvalue weighted by molar-refractivity contribution is 5.76. The monoisotopic (exact) mass is 1030 g/mol. The van der Waals surface area contributed by atoms with E-state index in [0.29, 0.717) is 6.42 Å². The van der Waals surface area contributed by atoms with Crippen LogP contribution in [0.5, 0.6) is 0 Å². The maximum atomic E-state index is 12.5. The Hall–Kier alpha value is -1.91. The molecule has 0 aliphatic heterocycles. The van der Waals surface area contributed by atoms with E-state index in [4.69, 9.17) is 0 Å². The third kappa shape index (κ3) is 60.9. The molecule has 0 aliphatic carbocycles. The highest BCUT2D eigenvalue weighted by Gasteiger charge is 2.18. The molecule has 0 aromatic rings. The largest absolute Gasteiger partial charge is 0.394 e. The molecule has 2 atom stereocenters. The van der Waals surface area contributed by atoms with Gasteiger partial charge in [-0.05, 0) is 70.6 Å². The van der Waals surface area contributed by atoms with Crippen molar-refractivity contribution in [2.45, 2.75) is 373 Å². The molecule has 0 saturated heterocycles. The van der Waals surface area contributed by atoms with Crippen LogP contribution in [0.25, 0.3) is 0 Å². The average molecular weight is 1030 g/mol. The number of aliphatic hydroxyl groups excluding tert-OH is 2. The molecule has 0 saturated carbocycles. The van der Waals surface area contributed by atoms with E-state index < -0.39 is 12.1 Å². The van der Waals surface area contributed by atoms with Gasteiger partial charge in [-0.25, -0.2) is 0 Å². The van der Waals surface area contributed by atoms with Crippen LogP contribution in [0.2, 0.25) is 0 Å². The minimum Gasteiger partial charge on any atom is -0.394 e. The van der Waals surface area contributed by atoms with Gasteiger partial charge in [0.05, 0.1) is 18.8 Å². The third-order valence-electron chi connectivity index (χ3n) is 15.5. The van der Waals surface area contributed by atoms with Crippen molar-refractivity contribution in [2.24, 2.45) is 0 Å². The van der Waals surface area contributed by atoms with E-state index in [2.05, 4.69) is 67.8 Å². The third-order valence-corrected chi connectivity index (χ3v) is 15.5. The van der Waals surface area contributed by atoms with E-state index >= 15 is 0 Å². The smallest absolute Gasteiger partial charge is 0.220 e. The van der Waals surface area contributed by atoms with Crippen molar-refractivity contribution in [2.75, 3.05) is 6.61 Å². The Morgan fingerprint density at radius 3 is 0.878 bits per heavy atom. The van der Waals surface area contributed by atoms with Gasteiger partial charge in [0, 0.05) is 6.42 Å². The number of carbonyl (C=O) groups excluding carboxylic acids is 1. The fourth-order valence-corrected chi connectivity index (χ4v) is 10.4. The van der Waals surface area contributed by atoms with Gasteiger partial charge in [0.15, 0.2) is 0 Å². The van der Waals surface area contributed by atoms with E-state index in [1.165, 1.54) is 295 Å². The predicted molar refractivity (Wildman–Crippen MR) is 331 cm³/mol. The number of hydrogen-bond donors (Lipinski definition) is 3. The van der Waals surface area contributed by atoms with Crippen LogP contribution in [0.1, 0.15) is 361 Å². The van der Waals surface area contributed by atoms with E-state index in [-0.39, 0.29) is 12.5 Å². The second-order valence-corrected chi connectivity index (χ2v) is 22.9. The first-order chi connectivity index (χ1) is 36.7. The van der Waals surface area contributed by atoms with Gasteiger partial charge in [-0.15, -0.1) is 0 Å². The van der Waals surface area contributed by atoms with Crippen LogP contribution in [-0.2, 0) is 4.79 Å². The number of hydrogen-bond acceptors (Lipinski definition) is 3. The molecular formula is C70H131NO3. The van der Waals surface area contributed by atoms with Crippen molar-refractivity contribution >= 4 is 5.91 Å². The molecule has 0 aromatic heterocycles. The van der Waals surface area contributed by atoms with Crippen molar-refractivity contribution < 1.29 is 15.0 Å². The summed E-state index contributed by atoms with van der Waals surface area (Å²) in [5, 5.41) is 23.2. The normalized spacial score (nSPS) is 13.1. The molecule has 2 unspecified atom stereocenters. The van der Waals surface area contributed by atoms with Crippen LogP contribution in [0, 0.1) is 0 Å². The highest BCUT2D eigenvalue weighted by atomic mass is 16.3. The number of allylic oxidation sites excluding steroid dienone is 9. The van der Waals surface area contributed by atoms with Crippen LogP contribution in [-0.4, -0.2) is 34.9 Å². The zero-order valence-electron chi connectivity index (χ0n) is 50.1. The Kier molecular flexibility index (Phi) is 63.7. The molecule has 4 nitrogen and oxygen atoms in total. The molecule has 434 valence electrons. The van der Waals surface area contributed by atoms with Crippen LogP contribution < -0.4 is 5.32 Å². The summed E-state index contributed by atoms with van der Waals surface area (Å²) in [7, 11) is 0. The molecular weight excluding hydrogens is 903 g/mol. The van der Waals surface area contributed by atoms with E-state index in [9.17, 15) is 15.0 Å². The molecule has 1 amide bonds. The quantitative estimate of drug-likeness (QED) is 0.0420. The van der Waals surface area contributed by atoms with E-state index in [1.54, 1.807) is 6.08 Å². The topological polar surface area (TPSA) is 69.6 Å². The summed E-state index contributed by atoms with van der Waals surface area (Å²) in [6.45, 7) is 4.32. The molecule has 0 aliphatic rings. The van der Waals surface area contributed by atoms with E-state index in [0.717, 1.165) is 44.9 Å². The fraction of sp³-hybridized carbons (Fsp3) is 0.843. The fourth-order valence-electron chi connectivity index (χ4n) is 10.4. The summed E-state index contributed by atoms with van der Waals surface area (Å²) >= 11 is 0. The summed E-state index contributed by atoms with van der Waals surface area (Å²) in [5.74, 6) is -0.0682. The first-order valence-electron chi connectivity index (χ1n) is 33.5. The van der Waals surface area contributed by atoms with Crippen LogP contribution >= 0.6 is 0 Å². The van der Waals surface area contributed by atoms with Crippen molar-refractivity contribution in [3.63, 3.8) is 0 Å². The lowest BCUT2D eigenvalue weighted by atomic mass is 10.0. The Morgan fingerprint density at radius 2 is 0.568 bits per heavy atom. The second kappa shape index (κ2) is 65.4. The second-order valence-electron chi connectivity index (χ2n) is 22.9. The number of nitrogens with one attached hydrogen (secondary N) is 1. The first kappa shape index (κ1) is 72.1. The number of aliphatic hydroxyl groups is 2. The number of carbonyl (C=O) groups is 1. The van der Waals surface area contributed by atoms with Crippen molar-refractivity contribution in [1.29, 1.82) is 0 Å². The Labute approximate surface area is 464 Å². The molecule has 0 aromatic carbocycles. The molecule has 0 radical (unpaired) electrons. The summed E-state index contributed by atoms with van der Waals surface area (Å²) in [5.41, 5.74) is 0. The molecule has 0 rings (SSSR count). The van der Waals surface area contributed by atoms with Crippen molar-refractivity contribution in [1.82, 2.24) is 5.32 Å². The van der Waals surface area contributed by atoms with Gasteiger partial charge in [0.1, 0.15) is 0 Å². The zero-order chi connectivity index (χ0) is 53.4. The van der Waals surface area contributed by atoms with Gasteiger partial charge in [-0.1, -0.05) is 344 Å². The molecule has 74 heavy (non-hydrogen) atoms. The molecule has 4 heteroatoms. The number of rotatable bonds is 62. The summed E-state index contributed by atoms with van der Waals surface area (Å²) in [6, 6.07) is -0.641. The Bertz CT molecular complexity index is 1220. The molecule has 3 N–H and O–H groups in total. The van der Waals surface area contributed by atoms with Crippen molar-refractivity contribution in [3.8, 4) is 0 Å². The predicted octanol–water partition coefficient (Wildman–Crippen LogP) is 22.7. The number of unbranched alkanes of at least 4 members (excludes halogenated alkanes) is 47. The van der Waals surface area contributed by atoms with E-state index in [1.807, 2.05) is 6.08 Å². The maximum Gasteiger partial charge on any atom is 0.220 e. The van der Waals surface area contributed by atoms with Gasteiger partial charge in [-0.3, -0.25) is 4.79 Å². The first-order valence-corrected chi connectivity index (χ1v) is 33.5. The van der Waals surface area contributed by atoms with Crippen LogP contribution in [0.4, 0.5) is 0 Å². The molecule has 0 heterocycles. The minimum atomic E-state index is -0.864. The van der Waals surface area contributed by atoms with Crippen LogP contribution in [0.15, 0.2) is 60.8 Å². The van der Waals surface area contributed by atoms with Crippen molar-refractivity contribution in [3.05, 3.63) is 60.8 Å². The summed E-state index contributed by atoms with van der Waals surface area (Å²) in [6.07, 6.45) is 93.0.